The van der Waals surface area contributed by atoms with Crippen LogP contribution in [0.15, 0.2) is 48.8 Å². The number of benzene rings is 1. The van der Waals surface area contributed by atoms with Crippen molar-refractivity contribution in [3.63, 3.8) is 0 Å². The average molecular weight is 323 g/mol. The predicted molar refractivity (Wildman–Crippen MR) is 92.3 cm³/mol. The normalized spacial score (nSPS) is 17.5. The molecule has 1 aromatic heterocycles. The van der Waals surface area contributed by atoms with Gasteiger partial charge in [-0.05, 0) is 49.1 Å². The first-order chi connectivity index (χ1) is 11.6. The smallest absolute Gasteiger partial charge is 0.227 e. The van der Waals surface area contributed by atoms with E-state index in [2.05, 4.69) is 15.6 Å². The molecule has 5 heteroatoms. The Hall–Kier alpha value is -2.69. The summed E-state index contributed by atoms with van der Waals surface area (Å²) in [4.78, 5) is 28.3. The third kappa shape index (κ3) is 3.79. The number of hydrogen-bond donors (Lipinski definition) is 2. The van der Waals surface area contributed by atoms with Crippen molar-refractivity contribution < 1.29 is 9.59 Å². The van der Waals surface area contributed by atoms with Gasteiger partial charge >= 0.3 is 0 Å². The van der Waals surface area contributed by atoms with Gasteiger partial charge in [0, 0.05) is 30.4 Å². The molecule has 2 amide bonds. The number of anilines is 1. The summed E-state index contributed by atoms with van der Waals surface area (Å²) in [5.74, 6) is -0.184. The molecule has 0 radical (unpaired) electrons. The van der Waals surface area contributed by atoms with Crippen LogP contribution in [-0.2, 0) is 16.0 Å². The van der Waals surface area contributed by atoms with E-state index in [-0.39, 0.29) is 23.8 Å². The summed E-state index contributed by atoms with van der Waals surface area (Å²) < 4.78 is 0. The summed E-state index contributed by atoms with van der Waals surface area (Å²) in [7, 11) is 0. The molecule has 0 unspecified atom stereocenters. The van der Waals surface area contributed by atoms with Gasteiger partial charge in [-0.2, -0.15) is 0 Å². The molecule has 0 saturated heterocycles. The molecular weight excluding hydrogens is 302 g/mol. The molecule has 0 spiro atoms. The lowest BCUT2D eigenvalue weighted by Crippen LogP contribution is -2.32. The van der Waals surface area contributed by atoms with E-state index in [9.17, 15) is 9.59 Å². The molecule has 5 nitrogen and oxygen atoms in total. The maximum absolute atomic E-state index is 12.2. The minimum absolute atomic E-state index is 0.00341. The van der Waals surface area contributed by atoms with Gasteiger partial charge in [0.1, 0.15) is 0 Å². The van der Waals surface area contributed by atoms with Gasteiger partial charge in [-0.15, -0.1) is 0 Å². The highest BCUT2D eigenvalue weighted by atomic mass is 16.2. The Morgan fingerprint density at radius 3 is 2.83 bits per heavy atom. The Morgan fingerprint density at radius 1 is 1.29 bits per heavy atom. The number of rotatable bonds is 5. The van der Waals surface area contributed by atoms with Crippen molar-refractivity contribution in [3.8, 4) is 0 Å². The second-order valence-corrected chi connectivity index (χ2v) is 6.16. The number of nitrogens with zero attached hydrogens (tertiary/aromatic N) is 1. The lowest BCUT2D eigenvalue weighted by Gasteiger charge is -2.24. The zero-order chi connectivity index (χ0) is 16.9. The van der Waals surface area contributed by atoms with Gasteiger partial charge in [-0.3, -0.25) is 14.6 Å². The Balaban J connectivity index is 1.52. The Labute approximate surface area is 141 Å². The number of carbonyl (C=O) groups is 2. The summed E-state index contributed by atoms with van der Waals surface area (Å²) >= 11 is 0. The van der Waals surface area contributed by atoms with Gasteiger partial charge in [-0.1, -0.05) is 18.2 Å². The third-order valence-corrected chi connectivity index (χ3v) is 4.42. The summed E-state index contributed by atoms with van der Waals surface area (Å²) in [6.45, 7) is 1.94. The zero-order valence-corrected chi connectivity index (χ0v) is 13.7. The minimum atomic E-state index is -0.151. The van der Waals surface area contributed by atoms with Crippen LogP contribution in [0.4, 0.5) is 5.69 Å². The SMILES string of the molecule is C[C@@H](NC(=O)CC[C@H]1Cc2ccccc2NC1=O)c1ccncc1. The van der Waals surface area contributed by atoms with Crippen LogP contribution in [-0.4, -0.2) is 16.8 Å². The minimum Gasteiger partial charge on any atom is -0.350 e. The van der Waals surface area contributed by atoms with E-state index in [0.29, 0.717) is 19.3 Å². The molecule has 2 atom stereocenters. The van der Waals surface area contributed by atoms with E-state index in [1.54, 1.807) is 12.4 Å². The van der Waals surface area contributed by atoms with E-state index >= 15 is 0 Å². The maximum Gasteiger partial charge on any atom is 0.227 e. The predicted octanol–water partition coefficient (Wildman–Crippen LogP) is 2.85. The molecular formula is C19H21N3O2. The molecule has 0 saturated carbocycles. The molecule has 3 rings (SSSR count). The van der Waals surface area contributed by atoms with E-state index < -0.39 is 0 Å². The molecule has 0 aliphatic carbocycles. The van der Waals surface area contributed by atoms with E-state index in [4.69, 9.17) is 0 Å². The second kappa shape index (κ2) is 7.25. The van der Waals surface area contributed by atoms with Crippen LogP contribution in [0.5, 0.6) is 0 Å². The van der Waals surface area contributed by atoms with Crippen molar-refractivity contribution in [1.82, 2.24) is 10.3 Å². The Bertz CT molecular complexity index is 730. The van der Waals surface area contributed by atoms with Crippen LogP contribution < -0.4 is 10.6 Å². The molecule has 1 aromatic carbocycles. The number of amides is 2. The molecule has 2 heterocycles. The molecule has 0 fully saturated rings. The van der Waals surface area contributed by atoms with Crippen LogP contribution in [0.3, 0.4) is 0 Å². The standard InChI is InChI=1S/C19H21N3O2/c1-13(14-8-10-20-11-9-14)21-18(23)7-6-16-12-15-4-2-3-5-17(15)22-19(16)24/h2-5,8-11,13,16H,6-7,12H2,1H3,(H,21,23)(H,22,24)/t13-,16+/m1/s1. The van der Waals surface area contributed by atoms with Gasteiger partial charge in [0.15, 0.2) is 0 Å². The van der Waals surface area contributed by atoms with Crippen LogP contribution in [0.1, 0.15) is 36.9 Å². The molecule has 124 valence electrons. The van der Waals surface area contributed by atoms with Crippen molar-refractivity contribution >= 4 is 17.5 Å². The van der Waals surface area contributed by atoms with Crippen LogP contribution in [0, 0.1) is 5.92 Å². The highest BCUT2D eigenvalue weighted by molar-refractivity contribution is 5.96. The highest BCUT2D eigenvalue weighted by Crippen LogP contribution is 2.27. The molecule has 24 heavy (non-hydrogen) atoms. The number of nitrogens with one attached hydrogen (secondary N) is 2. The summed E-state index contributed by atoms with van der Waals surface area (Å²) in [6, 6.07) is 11.5. The van der Waals surface area contributed by atoms with Crippen LogP contribution in [0.2, 0.25) is 0 Å². The van der Waals surface area contributed by atoms with Gasteiger partial charge in [0.05, 0.1) is 6.04 Å². The lowest BCUT2D eigenvalue weighted by atomic mass is 9.89. The number of aromatic nitrogens is 1. The number of hydrogen-bond acceptors (Lipinski definition) is 3. The number of fused-ring (bicyclic) bond motifs is 1. The monoisotopic (exact) mass is 323 g/mol. The van der Waals surface area contributed by atoms with Gasteiger partial charge in [0.2, 0.25) is 11.8 Å². The first kappa shape index (κ1) is 16.2. The quantitative estimate of drug-likeness (QED) is 0.889. The highest BCUT2D eigenvalue weighted by Gasteiger charge is 2.26. The maximum atomic E-state index is 12.2. The summed E-state index contributed by atoms with van der Waals surface area (Å²) in [5.41, 5.74) is 3.03. The van der Waals surface area contributed by atoms with E-state index in [1.165, 1.54) is 0 Å². The summed E-state index contributed by atoms with van der Waals surface area (Å²) in [5, 5.41) is 5.89. The van der Waals surface area contributed by atoms with Crippen molar-refractivity contribution in [3.05, 3.63) is 59.9 Å². The van der Waals surface area contributed by atoms with Crippen molar-refractivity contribution in [2.24, 2.45) is 5.92 Å². The number of para-hydroxylation sites is 1. The fourth-order valence-corrected chi connectivity index (χ4v) is 3.00. The largest absolute Gasteiger partial charge is 0.350 e. The summed E-state index contributed by atoms with van der Waals surface area (Å²) in [6.07, 6.45) is 5.00. The fraction of sp³-hybridized carbons (Fsp3) is 0.316. The first-order valence-electron chi connectivity index (χ1n) is 8.21. The lowest BCUT2D eigenvalue weighted by molar-refractivity contribution is -0.123. The van der Waals surface area contributed by atoms with Gasteiger partial charge in [0.25, 0.3) is 0 Å². The van der Waals surface area contributed by atoms with E-state index in [1.807, 2.05) is 43.3 Å². The second-order valence-electron chi connectivity index (χ2n) is 6.16. The van der Waals surface area contributed by atoms with Crippen molar-refractivity contribution in [2.75, 3.05) is 5.32 Å². The van der Waals surface area contributed by atoms with Crippen molar-refractivity contribution in [1.29, 1.82) is 0 Å². The molecule has 1 aliphatic rings. The third-order valence-electron chi connectivity index (χ3n) is 4.42. The average Bonchev–Trinajstić information content (AvgIpc) is 2.60. The molecule has 0 bridgehead atoms. The molecule has 2 aromatic rings. The first-order valence-corrected chi connectivity index (χ1v) is 8.21. The Kier molecular flexibility index (Phi) is 4.89. The molecule has 2 N–H and O–H groups in total. The number of carbonyl (C=O) groups excluding carboxylic acids is 2. The topological polar surface area (TPSA) is 71.1 Å². The van der Waals surface area contributed by atoms with Gasteiger partial charge in [-0.25, -0.2) is 0 Å². The van der Waals surface area contributed by atoms with Crippen LogP contribution in [0.25, 0.3) is 0 Å². The van der Waals surface area contributed by atoms with Crippen molar-refractivity contribution in [2.45, 2.75) is 32.2 Å². The Morgan fingerprint density at radius 2 is 2.04 bits per heavy atom. The number of pyridine rings is 1. The van der Waals surface area contributed by atoms with E-state index in [0.717, 1.165) is 16.8 Å². The van der Waals surface area contributed by atoms with Crippen LogP contribution >= 0.6 is 0 Å². The fourth-order valence-electron chi connectivity index (χ4n) is 3.00. The van der Waals surface area contributed by atoms with Gasteiger partial charge < -0.3 is 10.6 Å². The zero-order valence-electron chi connectivity index (χ0n) is 13.7. The molecule has 1 aliphatic heterocycles.